The topological polar surface area (TPSA) is 94.7 Å². The zero-order valence-electron chi connectivity index (χ0n) is 26.6. The molecular weight excluding hydrogens is 645 g/mol. The van der Waals surface area contributed by atoms with E-state index in [1.54, 1.807) is 9.13 Å². The lowest BCUT2D eigenvalue weighted by atomic mass is 10.1. The lowest BCUT2D eigenvalue weighted by molar-refractivity contribution is 0.121. The Morgan fingerprint density at radius 3 is 1.38 bits per heavy atom. The van der Waals surface area contributed by atoms with E-state index < -0.39 is 0 Å². The number of hydrogen-bond acceptors (Lipinski definition) is 10. The van der Waals surface area contributed by atoms with Crippen LogP contribution in [0.15, 0.2) is 70.3 Å². The van der Waals surface area contributed by atoms with Crippen molar-refractivity contribution in [2.45, 2.75) is 13.8 Å². The third-order valence-corrected chi connectivity index (χ3v) is 11.5. The molecule has 0 radical (unpaired) electrons. The second kappa shape index (κ2) is 11.5. The van der Waals surface area contributed by atoms with E-state index >= 15 is 0 Å². The Bertz CT molecular complexity index is 2320. The van der Waals surface area contributed by atoms with E-state index in [-0.39, 0.29) is 11.1 Å². The van der Waals surface area contributed by atoms with Gasteiger partial charge in [0, 0.05) is 46.4 Å². The number of benzene rings is 3. The third-order valence-electron chi connectivity index (χ3n) is 9.24. The summed E-state index contributed by atoms with van der Waals surface area (Å²) < 4.78 is 17.9. The van der Waals surface area contributed by atoms with Crippen molar-refractivity contribution in [1.29, 1.82) is 0 Å². The van der Waals surface area contributed by atoms with Crippen molar-refractivity contribution in [2.75, 3.05) is 62.4 Å². The van der Waals surface area contributed by atoms with Gasteiger partial charge in [-0.1, -0.05) is 35.4 Å². The number of thiophene rings is 2. The van der Waals surface area contributed by atoms with Crippen molar-refractivity contribution < 1.29 is 9.47 Å². The second-order valence-corrected chi connectivity index (χ2v) is 14.5. The number of morpholine rings is 2. The zero-order valence-corrected chi connectivity index (χ0v) is 28.2. The highest BCUT2D eigenvalue weighted by Gasteiger charge is 2.26. The van der Waals surface area contributed by atoms with Gasteiger partial charge in [-0.3, -0.25) is 9.59 Å². The number of aromatic nitrogens is 4. The van der Waals surface area contributed by atoms with Crippen molar-refractivity contribution >= 4 is 75.2 Å². The molecule has 48 heavy (non-hydrogen) atoms. The predicted molar refractivity (Wildman–Crippen MR) is 195 cm³/mol. The second-order valence-electron chi connectivity index (χ2n) is 12.4. The van der Waals surface area contributed by atoms with E-state index in [9.17, 15) is 9.59 Å². The first-order valence-corrected chi connectivity index (χ1v) is 17.8. The summed E-state index contributed by atoms with van der Waals surface area (Å²) in [6.45, 7) is 8.95. The number of hydrogen-bond donors (Lipinski definition) is 0. The molecule has 2 fully saturated rings. The molecule has 3 aromatic carbocycles. The first-order chi connectivity index (χ1) is 23.4. The van der Waals surface area contributed by atoms with Crippen LogP contribution in [0.2, 0.25) is 0 Å². The molecule has 10 nitrogen and oxygen atoms in total. The first-order valence-electron chi connectivity index (χ1n) is 16.1. The minimum Gasteiger partial charge on any atom is -0.378 e. The summed E-state index contributed by atoms with van der Waals surface area (Å²) in [6, 6.07) is 20.2. The van der Waals surface area contributed by atoms with Crippen molar-refractivity contribution in [3.63, 3.8) is 0 Å². The summed E-state index contributed by atoms with van der Waals surface area (Å²) in [5, 5.41) is 1.78. The summed E-state index contributed by atoms with van der Waals surface area (Å²) in [5.41, 5.74) is 4.99. The maximum atomic E-state index is 14.4. The average molecular weight is 677 g/mol. The summed E-state index contributed by atoms with van der Waals surface area (Å²) in [4.78, 5) is 43.4. The smallest absolute Gasteiger partial charge is 0.277 e. The predicted octanol–water partition coefficient (Wildman–Crippen LogP) is 5.80. The Balaban J connectivity index is 1.30. The Kier molecular flexibility index (Phi) is 7.08. The van der Waals surface area contributed by atoms with Crippen molar-refractivity contribution in [3.05, 3.63) is 92.5 Å². The number of aryl methyl sites for hydroxylation is 2. The molecule has 4 aromatic heterocycles. The van der Waals surface area contributed by atoms with Gasteiger partial charge >= 0.3 is 0 Å². The Morgan fingerprint density at radius 1 is 0.583 bits per heavy atom. The molecule has 2 saturated heterocycles. The Hall–Kier alpha value is -4.62. The van der Waals surface area contributed by atoms with Crippen molar-refractivity contribution in [3.8, 4) is 11.4 Å². The zero-order chi connectivity index (χ0) is 32.5. The fourth-order valence-electron chi connectivity index (χ4n) is 6.66. The fraction of sp³-hybridized carbons (Fsp3) is 0.278. The van der Waals surface area contributed by atoms with Gasteiger partial charge in [-0.15, -0.1) is 22.7 Å². The fourth-order valence-corrected chi connectivity index (χ4v) is 8.92. The normalized spacial score (nSPS) is 15.8. The van der Waals surface area contributed by atoms with E-state index in [1.165, 1.54) is 22.7 Å². The van der Waals surface area contributed by atoms with Gasteiger partial charge in [-0.2, -0.15) is 0 Å². The van der Waals surface area contributed by atoms with E-state index in [0.29, 0.717) is 84.9 Å². The summed E-state index contributed by atoms with van der Waals surface area (Å²) >= 11 is 2.91. The van der Waals surface area contributed by atoms with Crippen LogP contribution in [0.25, 0.3) is 52.0 Å². The van der Waals surface area contributed by atoms with Gasteiger partial charge in [0.15, 0.2) is 0 Å². The minimum atomic E-state index is -0.0894. The van der Waals surface area contributed by atoms with Crippen LogP contribution >= 0.6 is 22.7 Å². The summed E-state index contributed by atoms with van der Waals surface area (Å²) in [6.07, 6.45) is 0. The van der Waals surface area contributed by atoms with Crippen LogP contribution in [0.1, 0.15) is 11.1 Å². The van der Waals surface area contributed by atoms with E-state index in [2.05, 4.69) is 21.9 Å². The molecule has 0 aliphatic carbocycles. The molecule has 9 rings (SSSR count). The van der Waals surface area contributed by atoms with Crippen LogP contribution < -0.4 is 20.9 Å². The van der Waals surface area contributed by atoms with Crippen LogP contribution in [-0.4, -0.2) is 71.7 Å². The molecular formula is C36H32N6O4S2. The third kappa shape index (κ3) is 4.73. The van der Waals surface area contributed by atoms with E-state index in [4.69, 9.17) is 19.4 Å². The molecule has 2 aliphatic heterocycles. The minimum absolute atomic E-state index is 0.0894. The number of anilines is 2. The van der Waals surface area contributed by atoms with Gasteiger partial charge in [0.25, 0.3) is 11.1 Å². The average Bonchev–Trinajstić information content (AvgIpc) is 3.67. The summed E-state index contributed by atoms with van der Waals surface area (Å²) in [7, 11) is 0. The van der Waals surface area contributed by atoms with Gasteiger partial charge in [0.05, 0.1) is 48.8 Å². The molecule has 6 heterocycles. The molecule has 0 N–H and O–H groups in total. The van der Waals surface area contributed by atoms with E-state index in [1.807, 2.05) is 62.4 Å². The molecule has 7 aromatic rings. The lowest BCUT2D eigenvalue weighted by Crippen LogP contribution is -2.40. The number of rotatable bonds is 4. The number of ether oxygens (including phenoxy) is 2. The molecule has 0 bridgehead atoms. The SMILES string of the molecule is Cc1ccc(-n2c(N3CCOCC3)nc3c(sc4cc5sc6c(=O)n(-c7ccc(C)cc7)c(N7CCOCC7)nc6c5cc43)c2=O)cc1. The van der Waals surface area contributed by atoms with Crippen LogP contribution in [0.4, 0.5) is 11.9 Å². The van der Waals surface area contributed by atoms with Gasteiger partial charge in [-0.05, 0) is 50.2 Å². The van der Waals surface area contributed by atoms with Crippen LogP contribution in [0.5, 0.6) is 0 Å². The maximum Gasteiger partial charge on any atom is 0.277 e. The molecule has 12 heteroatoms. The quantitative estimate of drug-likeness (QED) is 0.231. The molecule has 0 saturated carbocycles. The van der Waals surface area contributed by atoms with Gasteiger partial charge in [-0.25, -0.2) is 19.1 Å². The van der Waals surface area contributed by atoms with Crippen LogP contribution in [-0.2, 0) is 9.47 Å². The van der Waals surface area contributed by atoms with Crippen molar-refractivity contribution in [1.82, 2.24) is 19.1 Å². The van der Waals surface area contributed by atoms with E-state index in [0.717, 1.165) is 42.7 Å². The maximum absolute atomic E-state index is 14.4. The lowest BCUT2D eigenvalue weighted by Gasteiger charge is -2.29. The molecule has 2 aliphatic rings. The van der Waals surface area contributed by atoms with Crippen LogP contribution in [0, 0.1) is 13.8 Å². The van der Waals surface area contributed by atoms with Gasteiger partial charge in [0.1, 0.15) is 9.40 Å². The summed E-state index contributed by atoms with van der Waals surface area (Å²) in [5.74, 6) is 1.23. The van der Waals surface area contributed by atoms with Gasteiger partial charge < -0.3 is 19.3 Å². The standard InChI is InChI=1S/C36H32N6O4S2/c1-21-3-7-23(8-4-21)41-33(43)31-29(37-35(41)39-11-15-45-16-12-39)25-19-26-28(20-27(25)47-31)48-32-30(26)38-36(40-13-17-46-18-14-40)42(34(32)44)24-9-5-22(2)6-10-24/h3-10,19-20H,11-18H2,1-2H3. The molecule has 0 amide bonds. The highest BCUT2D eigenvalue weighted by molar-refractivity contribution is 7.27. The molecule has 0 unspecified atom stereocenters. The first kappa shape index (κ1) is 29.5. The molecule has 242 valence electrons. The highest BCUT2D eigenvalue weighted by Crippen LogP contribution is 2.40. The number of nitrogens with zero attached hydrogens (tertiary/aromatic N) is 6. The highest BCUT2D eigenvalue weighted by atomic mass is 32.1. The number of fused-ring (bicyclic) bond motifs is 6. The monoisotopic (exact) mass is 676 g/mol. The largest absolute Gasteiger partial charge is 0.378 e. The Morgan fingerprint density at radius 2 is 0.979 bits per heavy atom. The van der Waals surface area contributed by atoms with Crippen molar-refractivity contribution in [2.24, 2.45) is 0 Å². The van der Waals surface area contributed by atoms with Crippen LogP contribution in [0.3, 0.4) is 0 Å². The molecule has 0 atom stereocenters. The molecule has 0 spiro atoms. The van der Waals surface area contributed by atoms with Gasteiger partial charge in [0.2, 0.25) is 11.9 Å². The Labute approximate surface area is 283 Å².